The van der Waals surface area contributed by atoms with Crippen LogP contribution < -0.4 is 10.1 Å². The fourth-order valence-electron chi connectivity index (χ4n) is 1.35. The van der Waals surface area contributed by atoms with Crippen molar-refractivity contribution in [3.8, 4) is 5.75 Å². The summed E-state index contributed by atoms with van der Waals surface area (Å²) in [6, 6.07) is 6.63. The number of carbonyl (C=O) groups is 2. The number of rotatable bonds is 6. The molecule has 0 spiro atoms. The molecule has 0 saturated heterocycles. The van der Waals surface area contributed by atoms with Gasteiger partial charge < -0.3 is 15.2 Å². The number of benzene rings is 1. The Bertz CT molecular complexity index is 431. The molecule has 98 valence electrons. The van der Waals surface area contributed by atoms with E-state index in [1.807, 2.05) is 31.2 Å². The monoisotopic (exact) mass is 251 g/mol. The van der Waals surface area contributed by atoms with Gasteiger partial charge in [-0.05, 0) is 25.5 Å². The Morgan fingerprint density at radius 2 is 2.06 bits per heavy atom. The van der Waals surface area contributed by atoms with Crippen LogP contribution in [0.3, 0.4) is 0 Å². The Morgan fingerprint density at radius 1 is 1.39 bits per heavy atom. The van der Waals surface area contributed by atoms with Gasteiger partial charge in [0.05, 0.1) is 13.0 Å². The Kier molecular flexibility index (Phi) is 5.17. The first kappa shape index (κ1) is 14.0. The summed E-state index contributed by atoms with van der Waals surface area (Å²) in [6.07, 6.45) is 0.131. The lowest BCUT2D eigenvalue weighted by Gasteiger charge is -2.11. The number of ether oxygens (including phenoxy) is 1. The number of carboxylic acid groups (broad SMARTS) is 1. The van der Waals surface area contributed by atoms with E-state index in [0.717, 1.165) is 11.3 Å². The minimum atomic E-state index is -1.05. The molecule has 0 bridgehead atoms. The van der Waals surface area contributed by atoms with Crippen molar-refractivity contribution in [2.24, 2.45) is 0 Å². The van der Waals surface area contributed by atoms with E-state index in [4.69, 9.17) is 9.84 Å². The summed E-state index contributed by atoms with van der Waals surface area (Å²) in [5.41, 5.74) is 0.997. The number of para-hydroxylation sites is 1. The first-order valence-electron chi connectivity index (χ1n) is 5.71. The van der Waals surface area contributed by atoms with Crippen molar-refractivity contribution in [1.29, 1.82) is 0 Å². The Hall–Kier alpha value is -2.04. The lowest BCUT2D eigenvalue weighted by molar-refractivity contribution is -0.141. The Balaban J connectivity index is 2.32. The van der Waals surface area contributed by atoms with Crippen molar-refractivity contribution in [3.63, 3.8) is 0 Å². The molecule has 2 N–H and O–H groups in total. The SMILES string of the molecule is Cc1ccccc1OCCC(=O)N[C@@H](C)C(=O)O. The molecule has 1 aromatic carbocycles. The summed E-state index contributed by atoms with van der Waals surface area (Å²) in [4.78, 5) is 21.9. The van der Waals surface area contributed by atoms with Crippen molar-refractivity contribution >= 4 is 11.9 Å². The first-order chi connectivity index (χ1) is 8.50. The molecule has 1 aromatic rings. The molecule has 0 unspecified atom stereocenters. The molecule has 0 aromatic heterocycles. The number of carboxylic acids is 1. The number of carbonyl (C=O) groups excluding carboxylic acids is 1. The van der Waals surface area contributed by atoms with Gasteiger partial charge in [-0.25, -0.2) is 0 Å². The highest BCUT2D eigenvalue weighted by atomic mass is 16.5. The number of nitrogens with one attached hydrogen (secondary N) is 1. The molecule has 18 heavy (non-hydrogen) atoms. The summed E-state index contributed by atoms with van der Waals surface area (Å²) >= 11 is 0. The third kappa shape index (κ3) is 4.45. The van der Waals surface area contributed by atoms with Crippen LogP contribution in [0.25, 0.3) is 0 Å². The third-order valence-electron chi connectivity index (χ3n) is 2.43. The van der Waals surface area contributed by atoms with Gasteiger partial charge in [-0.2, -0.15) is 0 Å². The van der Waals surface area contributed by atoms with Crippen LogP contribution in [0.1, 0.15) is 18.9 Å². The van der Waals surface area contributed by atoms with Gasteiger partial charge in [-0.3, -0.25) is 9.59 Å². The average Bonchev–Trinajstić information content (AvgIpc) is 2.31. The van der Waals surface area contributed by atoms with Gasteiger partial charge in [0.25, 0.3) is 0 Å². The lowest BCUT2D eigenvalue weighted by Crippen LogP contribution is -2.38. The van der Waals surface area contributed by atoms with E-state index in [-0.39, 0.29) is 18.9 Å². The van der Waals surface area contributed by atoms with E-state index in [9.17, 15) is 9.59 Å². The van der Waals surface area contributed by atoms with E-state index in [2.05, 4.69) is 5.32 Å². The second kappa shape index (κ2) is 6.64. The van der Waals surface area contributed by atoms with Crippen LogP contribution in [0.15, 0.2) is 24.3 Å². The smallest absolute Gasteiger partial charge is 0.325 e. The summed E-state index contributed by atoms with van der Waals surface area (Å²) in [7, 11) is 0. The Morgan fingerprint density at radius 3 is 2.67 bits per heavy atom. The minimum Gasteiger partial charge on any atom is -0.493 e. The highest BCUT2D eigenvalue weighted by Crippen LogP contribution is 2.16. The lowest BCUT2D eigenvalue weighted by atomic mass is 10.2. The minimum absolute atomic E-state index is 0.131. The van der Waals surface area contributed by atoms with Crippen LogP contribution in [0.2, 0.25) is 0 Å². The third-order valence-corrected chi connectivity index (χ3v) is 2.43. The van der Waals surface area contributed by atoms with Gasteiger partial charge in [0.15, 0.2) is 0 Å². The highest BCUT2D eigenvalue weighted by molar-refractivity contribution is 5.83. The van der Waals surface area contributed by atoms with Crippen molar-refractivity contribution < 1.29 is 19.4 Å². The van der Waals surface area contributed by atoms with E-state index in [1.165, 1.54) is 6.92 Å². The number of aryl methyl sites for hydroxylation is 1. The molecule has 0 aliphatic rings. The van der Waals surface area contributed by atoms with Gasteiger partial charge in [0.2, 0.25) is 5.91 Å². The Labute approximate surface area is 106 Å². The number of amides is 1. The zero-order valence-corrected chi connectivity index (χ0v) is 10.5. The molecule has 0 aliphatic heterocycles. The molecular formula is C13H17NO4. The quantitative estimate of drug-likeness (QED) is 0.800. The topological polar surface area (TPSA) is 75.6 Å². The van der Waals surface area contributed by atoms with Crippen molar-refractivity contribution in [3.05, 3.63) is 29.8 Å². The van der Waals surface area contributed by atoms with Gasteiger partial charge >= 0.3 is 5.97 Å². The molecule has 0 radical (unpaired) electrons. The van der Waals surface area contributed by atoms with E-state index in [0.29, 0.717) is 0 Å². The first-order valence-corrected chi connectivity index (χ1v) is 5.71. The van der Waals surface area contributed by atoms with Crippen LogP contribution in [0, 0.1) is 6.92 Å². The highest BCUT2D eigenvalue weighted by Gasteiger charge is 2.13. The molecule has 0 heterocycles. The molecule has 0 fully saturated rings. The van der Waals surface area contributed by atoms with Crippen molar-refractivity contribution in [1.82, 2.24) is 5.32 Å². The molecule has 0 aliphatic carbocycles. The maximum Gasteiger partial charge on any atom is 0.325 e. The maximum atomic E-state index is 11.4. The zero-order chi connectivity index (χ0) is 13.5. The molecule has 1 amide bonds. The molecule has 1 atom stereocenters. The number of aliphatic carboxylic acids is 1. The normalized spacial score (nSPS) is 11.7. The second-order valence-electron chi connectivity index (χ2n) is 3.99. The molecule has 5 nitrogen and oxygen atoms in total. The molecular weight excluding hydrogens is 234 g/mol. The van der Waals surface area contributed by atoms with Crippen LogP contribution in [0.4, 0.5) is 0 Å². The summed E-state index contributed by atoms with van der Waals surface area (Å²) < 4.78 is 5.44. The number of hydrogen-bond donors (Lipinski definition) is 2. The van der Waals surface area contributed by atoms with E-state index in [1.54, 1.807) is 0 Å². The van der Waals surface area contributed by atoms with Gasteiger partial charge in [-0.1, -0.05) is 18.2 Å². The second-order valence-corrected chi connectivity index (χ2v) is 3.99. The van der Waals surface area contributed by atoms with Crippen LogP contribution in [0.5, 0.6) is 5.75 Å². The number of hydrogen-bond acceptors (Lipinski definition) is 3. The van der Waals surface area contributed by atoms with Gasteiger partial charge in [0.1, 0.15) is 11.8 Å². The summed E-state index contributed by atoms with van der Waals surface area (Å²) in [5.74, 6) is -0.654. The molecule has 5 heteroatoms. The molecule has 0 saturated carbocycles. The zero-order valence-electron chi connectivity index (χ0n) is 10.5. The summed E-state index contributed by atoms with van der Waals surface area (Å²) in [6.45, 7) is 3.56. The standard InChI is InChI=1S/C13H17NO4/c1-9-5-3-4-6-11(9)18-8-7-12(15)14-10(2)13(16)17/h3-6,10H,7-8H2,1-2H3,(H,14,15)(H,16,17)/t10-/m0/s1. The van der Waals surface area contributed by atoms with Crippen LogP contribution in [-0.4, -0.2) is 29.6 Å². The fraction of sp³-hybridized carbons (Fsp3) is 0.385. The van der Waals surface area contributed by atoms with Crippen molar-refractivity contribution in [2.45, 2.75) is 26.3 Å². The van der Waals surface area contributed by atoms with Crippen LogP contribution in [-0.2, 0) is 9.59 Å². The summed E-state index contributed by atoms with van der Waals surface area (Å²) in [5, 5.41) is 11.0. The van der Waals surface area contributed by atoms with Gasteiger partial charge in [-0.15, -0.1) is 0 Å². The van der Waals surface area contributed by atoms with Gasteiger partial charge in [0, 0.05) is 0 Å². The fourth-order valence-corrected chi connectivity index (χ4v) is 1.35. The van der Waals surface area contributed by atoms with Crippen LogP contribution >= 0.6 is 0 Å². The molecule has 1 rings (SSSR count). The predicted molar refractivity (Wildman–Crippen MR) is 66.5 cm³/mol. The predicted octanol–water partition coefficient (Wildman–Crippen LogP) is 1.35. The maximum absolute atomic E-state index is 11.4. The average molecular weight is 251 g/mol. The van der Waals surface area contributed by atoms with E-state index < -0.39 is 12.0 Å². The largest absolute Gasteiger partial charge is 0.493 e. The van der Waals surface area contributed by atoms with E-state index >= 15 is 0 Å². The van der Waals surface area contributed by atoms with Crippen molar-refractivity contribution in [2.75, 3.05) is 6.61 Å².